The molecule has 0 bridgehead atoms. The Balaban J connectivity index is 1.80. The number of nitrogens with zero attached hydrogens (tertiary/aromatic N) is 2. The zero-order valence-electron chi connectivity index (χ0n) is 13.0. The van der Waals surface area contributed by atoms with Crippen molar-refractivity contribution < 1.29 is 14.6 Å². The van der Waals surface area contributed by atoms with Gasteiger partial charge >= 0.3 is 0 Å². The van der Waals surface area contributed by atoms with Crippen molar-refractivity contribution in [2.75, 3.05) is 7.11 Å². The van der Waals surface area contributed by atoms with Gasteiger partial charge in [-0.25, -0.2) is 4.98 Å². The zero-order chi connectivity index (χ0) is 16.4. The summed E-state index contributed by atoms with van der Waals surface area (Å²) in [5.41, 5.74) is 1.46. The molecule has 0 aromatic carbocycles. The van der Waals surface area contributed by atoms with Crippen molar-refractivity contribution in [3.05, 3.63) is 40.7 Å². The normalized spacial score (nSPS) is 21.3. The molecule has 1 saturated carbocycles. The van der Waals surface area contributed by atoms with Crippen LogP contribution in [0.5, 0.6) is 5.19 Å². The fraction of sp³-hybridized carbons (Fsp3) is 0.438. The second-order valence-corrected chi connectivity index (χ2v) is 6.65. The van der Waals surface area contributed by atoms with Crippen LogP contribution < -0.4 is 10.1 Å². The lowest BCUT2D eigenvalue weighted by molar-refractivity contribution is 0.0228. The number of nitrogens with one attached hydrogen (secondary N) is 1. The lowest BCUT2D eigenvalue weighted by atomic mass is 9.76. The van der Waals surface area contributed by atoms with Gasteiger partial charge in [0.25, 0.3) is 11.1 Å². The van der Waals surface area contributed by atoms with Gasteiger partial charge in [-0.2, -0.15) is 0 Å². The van der Waals surface area contributed by atoms with Crippen molar-refractivity contribution in [2.45, 2.75) is 31.9 Å². The van der Waals surface area contributed by atoms with Crippen molar-refractivity contribution in [3.63, 3.8) is 0 Å². The van der Waals surface area contributed by atoms with Crippen LogP contribution in [-0.4, -0.2) is 34.2 Å². The highest BCUT2D eigenvalue weighted by molar-refractivity contribution is 7.15. The standard InChI is InChI=1S/C16H19N3O3S/c1-9-14(23-16(18-9)22-2)15(21)19-13(10-7-11(20)8-10)12-5-3-4-6-17-12/h3-6,10-11,13,20H,7-8H2,1-2H3,(H,19,21)/t10?,11?,13-/m0/s1. The average Bonchev–Trinajstić information content (AvgIpc) is 2.92. The van der Waals surface area contributed by atoms with Gasteiger partial charge in [0.15, 0.2) is 0 Å². The molecular formula is C16H19N3O3S. The first kappa shape index (κ1) is 15.9. The highest BCUT2D eigenvalue weighted by atomic mass is 32.1. The number of methoxy groups -OCH3 is 1. The minimum Gasteiger partial charge on any atom is -0.473 e. The predicted molar refractivity (Wildman–Crippen MR) is 86.6 cm³/mol. The quantitative estimate of drug-likeness (QED) is 0.875. The third-order valence-corrected chi connectivity index (χ3v) is 5.19. The summed E-state index contributed by atoms with van der Waals surface area (Å²) in [7, 11) is 1.53. The zero-order valence-corrected chi connectivity index (χ0v) is 13.8. The summed E-state index contributed by atoms with van der Waals surface area (Å²) < 4.78 is 5.09. The first-order valence-corrected chi connectivity index (χ1v) is 8.31. The minimum atomic E-state index is -0.284. The molecule has 0 aliphatic heterocycles. The number of thiazole rings is 1. The molecule has 0 spiro atoms. The van der Waals surface area contributed by atoms with E-state index >= 15 is 0 Å². The molecule has 6 nitrogen and oxygen atoms in total. The van der Waals surface area contributed by atoms with Crippen molar-refractivity contribution in [3.8, 4) is 5.19 Å². The van der Waals surface area contributed by atoms with Crippen LogP contribution in [0.2, 0.25) is 0 Å². The van der Waals surface area contributed by atoms with E-state index in [0.717, 1.165) is 5.69 Å². The molecule has 1 amide bonds. The summed E-state index contributed by atoms with van der Waals surface area (Å²) in [6.45, 7) is 1.79. The summed E-state index contributed by atoms with van der Waals surface area (Å²) in [6, 6.07) is 5.43. The summed E-state index contributed by atoms with van der Waals surface area (Å²) >= 11 is 1.23. The third kappa shape index (κ3) is 3.35. The summed E-state index contributed by atoms with van der Waals surface area (Å²) in [5.74, 6) is 0.0133. The van der Waals surface area contributed by atoms with E-state index in [9.17, 15) is 9.90 Å². The molecule has 0 radical (unpaired) electrons. The van der Waals surface area contributed by atoms with Crippen LogP contribution in [0.4, 0.5) is 0 Å². The maximum atomic E-state index is 12.6. The Morgan fingerprint density at radius 3 is 2.83 bits per heavy atom. The molecule has 2 aromatic heterocycles. The molecule has 2 heterocycles. The van der Waals surface area contributed by atoms with Crippen LogP contribution >= 0.6 is 11.3 Å². The fourth-order valence-corrected chi connectivity index (χ4v) is 3.56. The van der Waals surface area contributed by atoms with Crippen LogP contribution in [0, 0.1) is 12.8 Å². The number of pyridine rings is 1. The van der Waals surface area contributed by atoms with Crippen molar-refractivity contribution in [1.82, 2.24) is 15.3 Å². The van der Waals surface area contributed by atoms with Gasteiger partial charge in [0, 0.05) is 6.20 Å². The average molecular weight is 333 g/mol. The molecule has 1 fully saturated rings. The largest absolute Gasteiger partial charge is 0.473 e. The van der Waals surface area contributed by atoms with Crippen molar-refractivity contribution in [2.24, 2.45) is 5.92 Å². The smallest absolute Gasteiger partial charge is 0.273 e. The number of hydrogen-bond acceptors (Lipinski definition) is 6. The van der Waals surface area contributed by atoms with Crippen molar-refractivity contribution in [1.29, 1.82) is 0 Å². The number of aliphatic hydroxyl groups excluding tert-OH is 1. The first-order valence-electron chi connectivity index (χ1n) is 7.49. The van der Waals surface area contributed by atoms with E-state index in [1.807, 2.05) is 18.2 Å². The molecule has 1 atom stereocenters. The number of carbonyl (C=O) groups excluding carboxylic acids is 1. The van der Waals surface area contributed by atoms with E-state index in [0.29, 0.717) is 28.6 Å². The van der Waals surface area contributed by atoms with Gasteiger partial charge in [-0.05, 0) is 37.8 Å². The number of aliphatic hydroxyl groups is 1. The topological polar surface area (TPSA) is 84.3 Å². The Hall–Kier alpha value is -1.99. The highest BCUT2D eigenvalue weighted by Crippen LogP contribution is 2.38. The molecule has 23 heavy (non-hydrogen) atoms. The van der Waals surface area contributed by atoms with Gasteiger partial charge < -0.3 is 15.2 Å². The van der Waals surface area contributed by atoms with Crippen LogP contribution in [0.3, 0.4) is 0 Å². The van der Waals surface area contributed by atoms with Gasteiger partial charge in [-0.1, -0.05) is 17.4 Å². The lowest BCUT2D eigenvalue weighted by Crippen LogP contribution is -2.41. The summed E-state index contributed by atoms with van der Waals surface area (Å²) in [6.07, 6.45) is 2.78. The number of carbonyl (C=O) groups is 1. The highest BCUT2D eigenvalue weighted by Gasteiger charge is 2.36. The second-order valence-electron chi connectivity index (χ2n) is 5.69. The molecule has 7 heteroatoms. The predicted octanol–water partition coefficient (Wildman–Crippen LogP) is 2.10. The molecular weight excluding hydrogens is 314 g/mol. The number of amides is 1. The molecule has 1 aliphatic carbocycles. The van der Waals surface area contributed by atoms with Gasteiger partial charge in [-0.3, -0.25) is 9.78 Å². The molecule has 0 saturated heterocycles. The molecule has 0 unspecified atom stereocenters. The van der Waals surface area contributed by atoms with Crippen LogP contribution in [-0.2, 0) is 0 Å². The fourth-order valence-electron chi connectivity index (χ4n) is 2.77. The molecule has 1 aliphatic rings. The monoisotopic (exact) mass is 333 g/mol. The maximum absolute atomic E-state index is 12.6. The number of aromatic nitrogens is 2. The minimum absolute atomic E-state index is 0.180. The van der Waals surface area contributed by atoms with E-state index in [2.05, 4.69) is 15.3 Å². The van der Waals surface area contributed by atoms with Gasteiger partial charge in [0.2, 0.25) is 0 Å². The molecule has 122 valence electrons. The Labute approximate surface area is 138 Å². The van der Waals surface area contributed by atoms with Crippen LogP contribution in [0.25, 0.3) is 0 Å². The van der Waals surface area contributed by atoms with Crippen LogP contribution in [0.15, 0.2) is 24.4 Å². The van der Waals surface area contributed by atoms with Gasteiger partial charge in [0.1, 0.15) is 4.88 Å². The first-order chi connectivity index (χ1) is 11.1. The van der Waals surface area contributed by atoms with E-state index in [1.54, 1.807) is 13.1 Å². The van der Waals surface area contributed by atoms with E-state index in [1.165, 1.54) is 18.4 Å². The van der Waals surface area contributed by atoms with Gasteiger partial charge in [-0.15, -0.1) is 0 Å². The lowest BCUT2D eigenvalue weighted by Gasteiger charge is -2.37. The van der Waals surface area contributed by atoms with E-state index in [4.69, 9.17) is 4.74 Å². The second kappa shape index (κ2) is 6.64. The summed E-state index contributed by atoms with van der Waals surface area (Å²) in [5, 5.41) is 13.1. The number of ether oxygens (including phenoxy) is 1. The number of hydrogen-bond donors (Lipinski definition) is 2. The van der Waals surface area contributed by atoms with Crippen molar-refractivity contribution >= 4 is 17.2 Å². The number of rotatable bonds is 5. The van der Waals surface area contributed by atoms with Crippen LogP contribution in [0.1, 0.15) is 39.9 Å². The molecule has 2 N–H and O–H groups in total. The molecule has 3 rings (SSSR count). The van der Waals surface area contributed by atoms with Gasteiger partial charge in [0.05, 0.1) is 30.6 Å². The maximum Gasteiger partial charge on any atom is 0.273 e. The number of aryl methyl sites for hydroxylation is 1. The Kier molecular flexibility index (Phi) is 4.58. The Morgan fingerprint density at radius 1 is 1.48 bits per heavy atom. The molecule has 2 aromatic rings. The Bertz CT molecular complexity index is 683. The summed E-state index contributed by atoms with van der Waals surface area (Å²) in [4.78, 5) is 21.7. The third-order valence-electron chi connectivity index (χ3n) is 4.07. The van der Waals surface area contributed by atoms with E-state index in [-0.39, 0.29) is 24.0 Å². The SMILES string of the molecule is COc1nc(C)c(C(=O)N[C@H](c2ccccn2)C2CC(O)C2)s1. The Morgan fingerprint density at radius 2 is 2.26 bits per heavy atom. The van der Waals surface area contributed by atoms with E-state index < -0.39 is 0 Å².